The summed E-state index contributed by atoms with van der Waals surface area (Å²) in [7, 11) is 0. The maximum Gasteiger partial charge on any atom is 0.229 e. The summed E-state index contributed by atoms with van der Waals surface area (Å²) in [6.45, 7) is 9.97. The van der Waals surface area contributed by atoms with Crippen LogP contribution in [0.5, 0.6) is 5.75 Å². The second kappa shape index (κ2) is 9.92. The number of amides is 1. The van der Waals surface area contributed by atoms with Gasteiger partial charge in [-0.2, -0.15) is 4.98 Å². The first-order valence-corrected chi connectivity index (χ1v) is 13.1. The van der Waals surface area contributed by atoms with Crippen molar-refractivity contribution in [2.24, 2.45) is 5.41 Å². The van der Waals surface area contributed by atoms with Crippen LogP contribution in [-0.4, -0.2) is 33.6 Å². The number of anilines is 3. The van der Waals surface area contributed by atoms with Gasteiger partial charge in [0.1, 0.15) is 16.8 Å². The number of benzene rings is 2. The standard InChI is InChI=1S/C29H36N6O2/c1-5-6-15-31-26-24-23(33-28(30)34-26)20-10-7-8-12-22(20)35(24)17-18-13-14-21(32-27(36)29(2,3)4)19-11-9-16-37-25(18)19/h7-8,10,12-14H,5-6,9,11,15-17H2,1-4H3,(H,32,36)(H3,30,31,33,34). The average Bonchev–Trinajstić information content (AvgIpc) is 3.18. The summed E-state index contributed by atoms with van der Waals surface area (Å²) in [4.78, 5) is 22.0. The summed E-state index contributed by atoms with van der Waals surface area (Å²) in [5, 5.41) is 7.66. The smallest absolute Gasteiger partial charge is 0.229 e. The van der Waals surface area contributed by atoms with E-state index in [0.717, 1.165) is 82.5 Å². The van der Waals surface area contributed by atoms with Gasteiger partial charge in [-0.1, -0.05) is 58.4 Å². The highest BCUT2D eigenvalue weighted by Gasteiger charge is 2.26. The molecule has 4 N–H and O–H groups in total. The fourth-order valence-corrected chi connectivity index (χ4v) is 4.87. The summed E-state index contributed by atoms with van der Waals surface area (Å²) >= 11 is 0. The van der Waals surface area contributed by atoms with Gasteiger partial charge >= 0.3 is 0 Å². The first kappa shape index (κ1) is 24.9. The third kappa shape index (κ3) is 4.80. The zero-order valence-corrected chi connectivity index (χ0v) is 22.1. The highest BCUT2D eigenvalue weighted by molar-refractivity contribution is 6.09. The van der Waals surface area contributed by atoms with Crippen LogP contribution in [0.4, 0.5) is 17.5 Å². The Balaban J connectivity index is 1.63. The molecule has 194 valence electrons. The molecule has 0 bridgehead atoms. The zero-order chi connectivity index (χ0) is 26.2. The van der Waals surface area contributed by atoms with Crippen LogP contribution >= 0.6 is 0 Å². The van der Waals surface area contributed by atoms with Crippen LogP contribution < -0.4 is 21.1 Å². The molecule has 0 saturated heterocycles. The molecule has 1 aliphatic heterocycles. The Labute approximate surface area is 217 Å². The highest BCUT2D eigenvalue weighted by Crippen LogP contribution is 2.38. The van der Waals surface area contributed by atoms with E-state index in [1.165, 1.54) is 0 Å². The minimum absolute atomic E-state index is 0.00652. The minimum atomic E-state index is -0.479. The van der Waals surface area contributed by atoms with Gasteiger partial charge in [-0.25, -0.2) is 4.98 Å². The number of carbonyl (C=O) groups excluding carboxylic acids is 1. The quantitative estimate of drug-likeness (QED) is 0.280. The number of hydrogen-bond donors (Lipinski definition) is 3. The largest absolute Gasteiger partial charge is 0.493 e. The molecule has 8 nitrogen and oxygen atoms in total. The van der Waals surface area contributed by atoms with E-state index in [1.807, 2.05) is 39.0 Å². The maximum absolute atomic E-state index is 12.7. The van der Waals surface area contributed by atoms with E-state index in [-0.39, 0.29) is 11.9 Å². The van der Waals surface area contributed by atoms with Crippen LogP contribution in [0.25, 0.3) is 21.9 Å². The van der Waals surface area contributed by atoms with Gasteiger partial charge < -0.3 is 25.7 Å². The lowest BCUT2D eigenvalue weighted by atomic mass is 9.94. The third-order valence-electron chi connectivity index (χ3n) is 6.86. The van der Waals surface area contributed by atoms with E-state index in [0.29, 0.717) is 13.2 Å². The van der Waals surface area contributed by atoms with Crippen molar-refractivity contribution < 1.29 is 9.53 Å². The van der Waals surface area contributed by atoms with E-state index in [9.17, 15) is 4.79 Å². The molecule has 0 aliphatic carbocycles. The second-order valence-electron chi connectivity index (χ2n) is 10.7. The Morgan fingerprint density at radius 2 is 1.97 bits per heavy atom. The van der Waals surface area contributed by atoms with Gasteiger partial charge in [-0.15, -0.1) is 0 Å². The van der Waals surface area contributed by atoms with Crippen molar-refractivity contribution in [3.8, 4) is 5.75 Å². The molecule has 8 heteroatoms. The molecule has 0 saturated carbocycles. The Kier molecular flexibility index (Phi) is 6.67. The zero-order valence-electron chi connectivity index (χ0n) is 22.1. The SMILES string of the molecule is CCCCNc1nc(N)nc2c3ccccc3n(Cc3ccc(NC(=O)C(C)(C)C)c4c3OCCC4)c12. The normalized spacial score (nSPS) is 13.4. The molecule has 0 spiro atoms. The van der Waals surface area contributed by atoms with E-state index in [2.05, 4.69) is 50.3 Å². The molecule has 0 unspecified atom stereocenters. The molecule has 1 amide bonds. The summed E-state index contributed by atoms with van der Waals surface area (Å²) < 4.78 is 8.48. The molecule has 2 aromatic heterocycles. The van der Waals surface area contributed by atoms with Crippen molar-refractivity contribution in [3.63, 3.8) is 0 Å². The van der Waals surface area contributed by atoms with E-state index >= 15 is 0 Å². The fourth-order valence-electron chi connectivity index (χ4n) is 4.87. The molecular formula is C29H36N6O2. The van der Waals surface area contributed by atoms with Crippen LogP contribution in [0, 0.1) is 5.41 Å². The number of ether oxygens (including phenoxy) is 1. The molecule has 0 atom stereocenters. The van der Waals surface area contributed by atoms with Crippen LogP contribution in [0.3, 0.4) is 0 Å². The topological polar surface area (TPSA) is 107 Å². The molecular weight excluding hydrogens is 464 g/mol. The van der Waals surface area contributed by atoms with Crippen molar-refractivity contribution >= 4 is 45.3 Å². The van der Waals surface area contributed by atoms with Crippen molar-refractivity contribution in [1.29, 1.82) is 0 Å². The van der Waals surface area contributed by atoms with Gasteiger partial charge in [-0.05, 0) is 31.4 Å². The number of fused-ring (bicyclic) bond motifs is 4. The van der Waals surface area contributed by atoms with Gasteiger partial charge in [-0.3, -0.25) is 4.79 Å². The van der Waals surface area contributed by atoms with Gasteiger partial charge in [0.15, 0.2) is 5.82 Å². The average molecular weight is 501 g/mol. The number of nitrogens with zero attached hydrogens (tertiary/aromatic N) is 3. The molecule has 0 radical (unpaired) electrons. The van der Waals surface area contributed by atoms with E-state index < -0.39 is 5.41 Å². The van der Waals surface area contributed by atoms with Gasteiger partial charge in [0, 0.05) is 34.2 Å². The predicted octanol–water partition coefficient (Wildman–Crippen LogP) is 5.74. The maximum atomic E-state index is 12.7. The van der Waals surface area contributed by atoms with Crippen LogP contribution in [0.1, 0.15) is 58.1 Å². The number of rotatable bonds is 7. The lowest BCUT2D eigenvalue weighted by Crippen LogP contribution is -2.28. The molecule has 5 rings (SSSR count). The molecule has 2 aromatic carbocycles. The Hall–Kier alpha value is -3.81. The van der Waals surface area contributed by atoms with Crippen LogP contribution in [-0.2, 0) is 17.8 Å². The number of para-hydroxylation sites is 1. The molecule has 0 fully saturated rings. The fraction of sp³-hybridized carbons (Fsp3) is 0.414. The number of aromatic nitrogens is 3. The number of nitrogens with one attached hydrogen (secondary N) is 2. The Morgan fingerprint density at radius 3 is 2.76 bits per heavy atom. The Morgan fingerprint density at radius 1 is 1.16 bits per heavy atom. The molecule has 4 aromatic rings. The third-order valence-corrected chi connectivity index (χ3v) is 6.86. The number of unbranched alkanes of at least 4 members (excludes halogenated alkanes) is 1. The molecule has 3 heterocycles. The number of nitrogen functional groups attached to an aromatic ring is 1. The van der Waals surface area contributed by atoms with E-state index in [4.69, 9.17) is 10.5 Å². The lowest BCUT2D eigenvalue weighted by Gasteiger charge is -2.26. The van der Waals surface area contributed by atoms with E-state index in [1.54, 1.807) is 0 Å². The monoisotopic (exact) mass is 500 g/mol. The number of hydrogen-bond acceptors (Lipinski definition) is 6. The first-order chi connectivity index (χ1) is 17.8. The van der Waals surface area contributed by atoms with Crippen molar-refractivity contribution in [2.75, 3.05) is 29.5 Å². The highest BCUT2D eigenvalue weighted by atomic mass is 16.5. The summed E-state index contributed by atoms with van der Waals surface area (Å²) in [5.74, 6) is 1.86. The van der Waals surface area contributed by atoms with Crippen LogP contribution in [0.2, 0.25) is 0 Å². The van der Waals surface area contributed by atoms with Crippen molar-refractivity contribution in [2.45, 2.75) is 59.9 Å². The lowest BCUT2D eigenvalue weighted by molar-refractivity contribution is -0.123. The summed E-state index contributed by atoms with van der Waals surface area (Å²) in [6.07, 6.45) is 3.90. The van der Waals surface area contributed by atoms with Gasteiger partial charge in [0.2, 0.25) is 11.9 Å². The van der Waals surface area contributed by atoms with Crippen LogP contribution in [0.15, 0.2) is 36.4 Å². The summed E-state index contributed by atoms with van der Waals surface area (Å²) in [6, 6.07) is 12.3. The van der Waals surface area contributed by atoms with Gasteiger partial charge in [0.25, 0.3) is 0 Å². The number of nitrogens with two attached hydrogens (primary N) is 1. The summed E-state index contributed by atoms with van der Waals surface area (Å²) in [5.41, 5.74) is 11.4. The molecule has 37 heavy (non-hydrogen) atoms. The van der Waals surface area contributed by atoms with Crippen molar-refractivity contribution in [3.05, 3.63) is 47.5 Å². The van der Waals surface area contributed by atoms with Crippen molar-refractivity contribution in [1.82, 2.24) is 14.5 Å². The number of carbonyl (C=O) groups is 1. The molecule has 1 aliphatic rings. The second-order valence-corrected chi connectivity index (χ2v) is 10.7. The first-order valence-electron chi connectivity index (χ1n) is 13.1. The minimum Gasteiger partial charge on any atom is -0.493 e. The van der Waals surface area contributed by atoms with Gasteiger partial charge in [0.05, 0.1) is 18.7 Å². The Bertz CT molecular complexity index is 1470. The predicted molar refractivity (Wildman–Crippen MR) is 150 cm³/mol.